The zero-order chi connectivity index (χ0) is 24.4. The van der Waals surface area contributed by atoms with Gasteiger partial charge in [0.2, 0.25) is 5.82 Å². The van der Waals surface area contributed by atoms with Crippen molar-refractivity contribution in [3.05, 3.63) is 65.0 Å². The fourth-order valence-electron chi connectivity index (χ4n) is 4.02. The summed E-state index contributed by atoms with van der Waals surface area (Å²) in [5.74, 6) is -2.94. The van der Waals surface area contributed by atoms with Crippen molar-refractivity contribution in [2.45, 2.75) is 24.8 Å². The topological polar surface area (TPSA) is 97.0 Å². The van der Waals surface area contributed by atoms with Crippen LogP contribution in [0.3, 0.4) is 0 Å². The molecule has 34 heavy (non-hydrogen) atoms. The second kappa shape index (κ2) is 7.30. The van der Waals surface area contributed by atoms with Crippen molar-refractivity contribution in [2.24, 2.45) is 7.05 Å². The van der Waals surface area contributed by atoms with E-state index in [1.165, 1.54) is 29.6 Å². The molecular formula is C19H14F6N8O. The maximum atomic E-state index is 13.5. The number of aromatic nitrogens is 7. The summed E-state index contributed by atoms with van der Waals surface area (Å²) in [5, 5.41) is 7.50. The predicted molar refractivity (Wildman–Crippen MR) is 101 cm³/mol. The number of nitrogens with zero attached hydrogens (tertiary/aromatic N) is 7. The maximum absolute atomic E-state index is 13.5. The van der Waals surface area contributed by atoms with Crippen molar-refractivity contribution >= 4 is 11.4 Å². The van der Waals surface area contributed by atoms with Crippen LogP contribution >= 0.6 is 0 Å². The lowest BCUT2D eigenvalue weighted by Crippen LogP contribution is -2.42. The number of halogens is 6. The second-order valence-corrected chi connectivity index (χ2v) is 7.62. The van der Waals surface area contributed by atoms with Gasteiger partial charge in [-0.3, -0.25) is 4.79 Å². The molecule has 5 heterocycles. The Balaban J connectivity index is 1.63. The van der Waals surface area contributed by atoms with Gasteiger partial charge in [-0.2, -0.15) is 36.4 Å². The van der Waals surface area contributed by atoms with Gasteiger partial charge in [-0.05, 0) is 18.2 Å². The van der Waals surface area contributed by atoms with Crippen LogP contribution in [-0.2, 0) is 25.8 Å². The van der Waals surface area contributed by atoms with Crippen LogP contribution in [0.2, 0.25) is 0 Å². The SMILES string of the molecule is Cn1nc(C(F)(F)F)nc1C(=O)N1CCc2[nH]cnc2[C@H]1c1cc2c(C(F)(F)F)cccn2n1. The number of imidazole rings is 1. The third-order valence-electron chi connectivity index (χ3n) is 5.50. The lowest BCUT2D eigenvalue weighted by molar-refractivity contribution is -0.145. The van der Waals surface area contributed by atoms with Crippen molar-refractivity contribution in [1.82, 2.24) is 39.2 Å². The Hall–Kier alpha value is -3.91. The third-order valence-corrected chi connectivity index (χ3v) is 5.50. The van der Waals surface area contributed by atoms with E-state index in [2.05, 4.69) is 25.1 Å². The van der Waals surface area contributed by atoms with Crippen molar-refractivity contribution in [3.8, 4) is 0 Å². The van der Waals surface area contributed by atoms with Crippen molar-refractivity contribution in [2.75, 3.05) is 6.54 Å². The number of carbonyl (C=O) groups is 1. The van der Waals surface area contributed by atoms with E-state index in [-0.39, 0.29) is 17.8 Å². The highest BCUT2D eigenvalue weighted by Gasteiger charge is 2.42. The van der Waals surface area contributed by atoms with Crippen LogP contribution in [0.4, 0.5) is 26.3 Å². The zero-order valence-corrected chi connectivity index (χ0v) is 17.2. The van der Waals surface area contributed by atoms with E-state index >= 15 is 0 Å². The fourth-order valence-corrected chi connectivity index (χ4v) is 4.02. The molecule has 1 amide bonds. The monoisotopic (exact) mass is 484 g/mol. The number of aromatic amines is 1. The normalized spacial score (nSPS) is 16.8. The van der Waals surface area contributed by atoms with Gasteiger partial charge in [0.1, 0.15) is 6.04 Å². The number of amides is 1. The number of alkyl halides is 6. The highest BCUT2D eigenvalue weighted by atomic mass is 19.4. The van der Waals surface area contributed by atoms with Crippen LogP contribution in [0.1, 0.15) is 45.1 Å². The molecule has 0 aliphatic carbocycles. The molecule has 0 spiro atoms. The van der Waals surface area contributed by atoms with Gasteiger partial charge in [0.05, 0.1) is 28.8 Å². The average molecular weight is 484 g/mol. The summed E-state index contributed by atoms with van der Waals surface area (Å²) in [5.41, 5.74) is -0.131. The maximum Gasteiger partial charge on any atom is 0.453 e. The molecule has 1 N–H and O–H groups in total. The van der Waals surface area contributed by atoms with E-state index in [0.717, 1.165) is 17.6 Å². The van der Waals surface area contributed by atoms with Gasteiger partial charge in [-0.15, -0.1) is 5.10 Å². The summed E-state index contributed by atoms with van der Waals surface area (Å²) in [6.45, 7) is 0.0346. The lowest BCUT2D eigenvalue weighted by atomic mass is 9.99. The first-order valence-corrected chi connectivity index (χ1v) is 9.82. The van der Waals surface area contributed by atoms with Crippen LogP contribution in [0.15, 0.2) is 30.7 Å². The zero-order valence-electron chi connectivity index (χ0n) is 17.2. The predicted octanol–water partition coefficient (Wildman–Crippen LogP) is 3.01. The quantitative estimate of drug-likeness (QED) is 0.442. The smallest absolute Gasteiger partial charge is 0.348 e. The van der Waals surface area contributed by atoms with Crippen molar-refractivity contribution < 1.29 is 31.1 Å². The number of carbonyl (C=O) groups excluding carboxylic acids is 1. The van der Waals surface area contributed by atoms with E-state index in [0.29, 0.717) is 22.5 Å². The summed E-state index contributed by atoms with van der Waals surface area (Å²) in [6.07, 6.45) is -6.52. The molecule has 5 rings (SSSR count). The Kier molecular flexibility index (Phi) is 4.70. The van der Waals surface area contributed by atoms with Crippen LogP contribution < -0.4 is 0 Å². The Bertz CT molecular complexity index is 1400. The molecule has 15 heteroatoms. The molecule has 1 aliphatic rings. The number of aryl methyl sites for hydroxylation is 1. The highest BCUT2D eigenvalue weighted by Crippen LogP contribution is 2.37. The minimum absolute atomic E-state index is 0.0346. The van der Waals surface area contributed by atoms with Gasteiger partial charge in [0, 0.05) is 31.9 Å². The van der Waals surface area contributed by atoms with Gasteiger partial charge in [0.15, 0.2) is 0 Å². The molecule has 178 valence electrons. The second-order valence-electron chi connectivity index (χ2n) is 7.62. The summed E-state index contributed by atoms with van der Waals surface area (Å²) >= 11 is 0. The van der Waals surface area contributed by atoms with E-state index in [1.54, 1.807) is 0 Å². The van der Waals surface area contributed by atoms with Crippen LogP contribution in [0.25, 0.3) is 5.52 Å². The lowest BCUT2D eigenvalue weighted by Gasteiger charge is -2.33. The Labute approximate surface area is 186 Å². The number of hydrogen-bond acceptors (Lipinski definition) is 5. The van der Waals surface area contributed by atoms with E-state index in [4.69, 9.17) is 0 Å². The number of pyridine rings is 1. The van der Waals surface area contributed by atoms with E-state index < -0.39 is 41.5 Å². The first-order chi connectivity index (χ1) is 15.9. The standard InChI is InChI=1S/C19H14F6N8O/c1-31-15(28-17(30-31)19(23,24)25)16(34)32-6-4-10-13(27-8-26-10)14(32)11-7-12-9(18(20,21)22)3-2-5-33(12)29-11/h2-3,5,7-8,14H,4,6H2,1H3,(H,26,27)/t14-/m1/s1. The molecule has 0 radical (unpaired) electrons. The van der Waals surface area contributed by atoms with Gasteiger partial charge in [-0.1, -0.05) is 0 Å². The first-order valence-electron chi connectivity index (χ1n) is 9.82. The van der Waals surface area contributed by atoms with E-state index in [1.807, 2.05) is 0 Å². The minimum Gasteiger partial charge on any atom is -0.348 e. The largest absolute Gasteiger partial charge is 0.453 e. The average Bonchev–Trinajstić information content (AvgIpc) is 3.48. The molecule has 0 aromatic carbocycles. The van der Waals surface area contributed by atoms with Gasteiger partial charge >= 0.3 is 12.4 Å². The van der Waals surface area contributed by atoms with Crippen molar-refractivity contribution in [1.29, 1.82) is 0 Å². The Morgan fingerprint density at radius 2 is 1.91 bits per heavy atom. The summed E-state index contributed by atoms with van der Waals surface area (Å²) in [7, 11) is 1.15. The molecule has 0 saturated heterocycles. The van der Waals surface area contributed by atoms with Crippen molar-refractivity contribution in [3.63, 3.8) is 0 Å². The van der Waals surface area contributed by atoms with Crippen LogP contribution in [0.5, 0.6) is 0 Å². The molecular weight excluding hydrogens is 470 g/mol. The molecule has 4 aromatic heterocycles. The third kappa shape index (κ3) is 3.47. The number of fused-ring (bicyclic) bond motifs is 2. The number of H-pyrrole nitrogens is 1. The molecule has 0 fully saturated rings. The molecule has 0 unspecified atom stereocenters. The molecule has 9 nitrogen and oxygen atoms in total. The van der Waals surface area contributed by atoms with Gasteiger partial charge in [-0.25, -0.2) is 14.2 Å². The number of rotatable bonds is 2. The summed E-state index contributed by atoms with van der Waals surface area (Å²) in [4.78, 5) is 25.0. The number of nitrogens with one attached hydrogen (secondary N) is 1. The summed E-state index contributed by atoms with van der Waals surface area (Å²) < 4.78 is 81.4. The molecule has 4 aromatic rings. The Morgan fingerprint density at radius 1 is 1.15 bits per heavy atom. The molecule has 1 atom stereocenters. The highest BCUT2D eigenvalue weighted by molar-refractivity contribution is 5.91. The fraction of sp³-hybridized carbons (Fsp3) is 0.316. The van der Waals surface area contributed by atoms with Crippen LogP contribution in [0, 0.1) is 0 Å². The van der Waals surface area contributed by atoms with E-state index in [9.17, 15) is 31.1 Å². The summed E-state index contributed by atoms with van der Waals surface area (Å²) in [6, 6.07) is 2.22. The Morgan fingerprint density at radius 3 is 2.59 bits per heavy atom. The van der Waals surface area contributed by atoms with Crippen LogP contribution in [-0.4, -0.2) is 51.7 Å². The minimum atomic E-state index is -4.86. The van der Waals surface area contributed by atoms with Gasteiger partial charge in [0.25, 0.3) is 11.7 Å². The first kappa shape index (κ1) is 21.9. The molecule has 0 saturated carbocycles. The molecule has 1 aliphatic heterocycles. The molecule has 0 bridgehead atoms. The van der Waals surface area contributed by atoms with Gasteiger partial charge < -0.3 is 9.88 Å². The number of hydrogen-bond donors (Lipinski definition) is 1.